The van der Waals surface area contributed by atoms with Gasteiger partial charge in [-0.05, 0) is 46.2 Å². The van der Waals surface area contributed by atoms with Gasteiger partial charge in [0.1, 0.15) is 5.76 Å². The van der Waals surface area contributed by atoms with Crippen LogP contribution in [0.1, 0.15) is 6.92 Å². The van der Waals surface area contributed by atoms with Crippen LogP contribution in [0.4, 0.5) is 0 Å². The lowest BCUT2D eigenvalue weighted by atomic mass is 10.4. The molecule has 0 aliphatic carbocycles. The first kappa shape index (κ1) is 18.0. The Balaban J connectivity index is 5.11. The SMILES string of the molecule is COC(=O)/C=C(\C=C(/C)O[Si](C)(C)C)O[Si](C)(C)C. The highest BCUT2D eigenvalue weighted by molar-refractivity contribution is 6.70. The topological polar surface area (TPSA) is 44.8 Å². The molecule has 0 aliphatic heterocycles. The van der Waals surface area contributed by atoms with Crippen LogP contribution >= 0.6 is 0 Å². The normalized spacial score (nSPS) is 14.1. The minimum atomic E-state index is -1.79. The summed E-state index contributed by atoms with van der Waals surface area (Å²) in [6.45, 7) is 14.4. The molecule has 0 radical (unpaired) electrons. The number of carbonyl (C=O) groups excluding carboxylic acids is 1. The van der Waals surface area contributed by atoms with E-state index in [1.165, 1.54) is 13.2 Å². The quantitative estimate of drug-likeness (QED) is 0.247. The Morgan fingerprint density at radius 1 is 0.895 bits per heavy atom. The van der Waals surface area contributed by atoms with Gasteiger partial charge in [0, 0.05) is 6.08 Å². The molecule has 0 spiro atoms. The number of rotatable bonds is 6. The molecule has 0 aliphatic rings. The number of carbonyl (C=O) groups is 1. The van der Waals surface area contributed by atoms with Crippen molar-refractivity contribution >= 4 is 22.6 Å². The van der Waals surface area contributed by atoms with Gasteiger partial charge in [-0.2, -0.15) is 0 Å². The number of allylic oxidation sites excluding steroid dienone is 2. The van der Waals surface area contributed by atoms with Crippen LogP contribution in [-0.2, 0) is 18.4 Å². The van der Waals surface area contributed by atoms with Gasteiger partial charge in [0.15, 0.2) is 0 Å². The standard InChI is InChI=1S/C13H26O4Si2/c1-11(16-18(3,4)5)9-12(10-13(14)15-2)17-19(6,7)8/h9-10H,1-8H3/b11-9+,12-10+. The van der Waals surface area contributed by atoms with Gasteiger partial charge >= 0.3 is 5.97 Å². The summed E-state index contributed by atoms with van der Waals surface area (Å²) in [5.41, 5.74) is 0. The van der Waals surface area contributed by atoms with Crippen LogP contribution in [0.5, 0.6) is 0 Å². The van der Waals surface area contributed by atoms with E-state index in [0.29, 0.717) is 5.76 Å². The van der Waals surface area contributed by atoms with Gasteiger partial charge in [-0.3, -0.25) is 0 Å². The van der Waals surface area contributed by atoms with Crippen LogP contribution in [0.15, 0.2) is 23.7 Å². The molecule has 0 heterocycles. The second kappa shape index (κ2) is 6.95. The summed E-state index contributed by atoms with van der Waals surface area (Å²) in [6.07, 6.45) is 3.11. The molecular weight excluding hydrogens is 276 g/mol. The molecule has 6 heteroatoms. The molecule has 0 aromatic carbocycles. The summed E-state index contributed by atoms with van der Waals surface area (Å²) < 4.78 is 16.3. The van der Waals surface area contributed by atoms with Gasteiger partial charge in [-0.1, -0.05) is 0 Å². The van der Waals surface area contributed by atoms with Gasteiger partial charge in [-0.15, -0.1) is 0 Å². The molecule has 0 atom stereocenters. The summed E-state index contributed by atoms with van der Waals surface area (Å²) in [6, 6.07) is 0. The van der Waals surface area contributed by atoms with E-state index in [1.54, 1.807) is 6.08 Å². The Bertz CT molecular complexity index is 373. The molecule has 4 nitrogen and oxygen atoms in total. The van der Waals surface area contributed by atoms with Gasteiger partial charge in [0.25, 0.3) is 0 Å². The zero-order valence-corrected chi connectivity index (χ0v) is 15.3. The van der Waals surface area contributed by atoms with E-state index in [1.807, 2.05) is 6.92 Å². The molecule has 0 N–H and O–H groups in total. The van der Waals surface area contributed by atoms with Crippen molar-refractivity contribution in [2.24, 2.45) is 0 Å². The number of esters is 1. The number of ether oxygens (including phenoxy) is 1. The smallest absolute Gasteiger partial charge is 0.334 e. The molecule has 0 fully saturated rings. The highest BCUT2D eigenvalue weighted by Gasteiger charge is 2.19. The summed E-state index contributed by atoms with van der Waals surface area (Å²) in [4.78, 5) is 11.4. The Kier molecular flexibility index (Phi) is 6.58. The van der Waals surface area contributed by atoms with Crippen molar-refractivity contribution in [3.63, 3.8) is 0 Å². The summed E-state index contributed by atoms with van der Waals surface area (Å²) in [7, 11) is -2.09. The molecular formula is C13H26O4Si2. The summed E-state index contributed by atoms with van der Waals surface area (Å²) >= 11 is 0. The van der Waals surface area contributed by atoms with Crippen molar-refractivity contribution in [2.45, 2.75) is 46.2 Å². The molecule has 110 valence electrons. The minimum Gasteiger partial charge on any atom is -0.547 e. The van der Waals surface area contributed by atoms with Crippen LogP contribution in [0.25, 0.3) is 0 Å². The summed E-state index contributed by atoms with van der Waals surface area (Å²) in [5.74, 6) is 0.833. The maximum Gasteiger partial charge on any atom is 0.334 e. The molecule has 0 saturated heterocycles. The van der Waals surface area contributed by atoms with E-state index in [2.05, 4.69) is 44.0 Å². The van der Waals surface area contributed by atoms with E-state index in [9.17, 15) is 4.79 Å². The van der Waals surface area contributed by atoms with E-state index in [4.69, 9.17) is 8.85 Å². The first-order valence-corrected chi connectivity index (χ1v) is 13.1. The third-order valence-corrected chi connectivity index (χ3v) is 3.48. The molecule has 19 heavy (non-hydrogen) atoms. The van der Waals surface area contributed by atoms with Gasteiger partial charge < -0.3 is 13.6 Å². The van der Waals surface area contributed by atoms with E-state index >= 15 is 0 Å². The highest BCUT2D eigenvalue weighted by atomic mass is 28.4. The molecule has 0 amide bonds. The predicted molar refractivity (Wildman–Crippen MR) is 82.7 cm³/mol. The molecule has 0 saturated carbocycles. The lowest BCUT2D eigenvalue weighted by Gasteiger charge is -2.22. The van der Waals surface area contributed by atoms with Gasteiger partial charge in [0.05, 0.1) is 18.9 Å². The first-order valence-electron chi connectivity index (χ1n) is 6.29. The third-order valence-electron chi connectivity index (χ3n) is 1.70. The number of hydrogen-bond donors (Lipinski definition) is 0. The average molecular weight is 303 g/mol. The van der Waals surface area contributed by atoms with Crippen molar-refractivity contribution in [3.05, 3.63) is 23.7 Å². The maximum atomic E-state index is 11.4. The fraction of sp³-hybridized carbons (Fsp3) is 0.615. The monoisotopic (exact) mass is 302 g/mol. The van der Waals surface area contributed by atoms with Crippen LogP contribution in [0.2, 0.25) is 39.3 Å². The van der Waals surface area contributed by atoms with Crippen molar-refractivity contribution < 1.29 is 18.4 Å². The van der Waals surface area contributed by atoms with Crippen molar-refractivity contribution in [2.75, 3.05) is 7.11 Å². The van der Waals surface area contributed by atoms with Gasteiger partial charge in [-0.25, -0.2) is 4.79 Å². The van der Waals surface area contributed by atoms with E-state index < -0.39 is 22.6 Å². The lowest BCUT2D eigenvalue weighted by molar-refractivity contribution is -0.134. The largest absolute Gasteiger partial charge is 0.547 e. The van der Waals surface area contributed by atoms with Crippen molar-refractivity contribution in [1.82, 2.24) is 0 Å². The Labute approximate surface area is 118 Å². The number of hydrogen-bond acceptors (Lipinski definition) is 4. The molecule has 0 bridgehead atoms. The Morgan fingerprint density at radius 2 is 1.37 bits per heavy atom. The molecule has 0 aromatic heterocycles. The van der Waals surface area contributed by atoms with Crippen LogP contribution < -0.4 is 0 Å². The second-order valence-corrected chi connectivity index (χ2v) is 15.1. The van der Waals surface area contributed by atoms with Crippen molar-refractivity contribution in [1.29, 1.82) is 0 Å². The van der Waals surface area contributed by atoms with E-state index in [0.717, 1.165) is 5.76 Å². The van der Waals surface area contributed by atoms with Crippen LogP contribution in [-0.4, -0.2) is 29.7 Å². The first-order chi connectivity index (χ1) is 8.43. The zero-order valence-electron chi connectivity index (χ0n) is 13.3. The maximum absolute atomic E-state index is 11.4. The van der Waals surface area contributed by atoms with E-state index in [-0.39, 0.29) is 0 Å². The second-order valence-electron chi connectivity index (χ2n) is 6.25. The fourth-order valence-corrected chi connectivity index (χ4v) is 3.19. The highest BCUT2D eigenvalue weighted by Crippen LogP contribution is 2.16. The van der Waals surface area contributed by atoms with Crippen LogP contribution in [0, 0.1) is 0 Å². The average Bonchev–Trinajstić information content (AvgIpc) is 2.10. The molecule has 0 aromatic rings. The summed E-state index contributed by atoms with van der Waals surface area (Å²) in [5, 5.41) is 0. The molecule has 0 rings (SSSR count). The fourth-order valence-electron chi connectivity index (χ4n) is 1.34. The van der Waals surface area contributed by atoms with Crippen LogP contribution in [0.3, 0.4) is 0 Å². The van der Waals surface area contributed by atoms with Crippen molar-refractivity contribution in [3.8, 4) is 0 Å². The number of methoxy groups -OCH3 is 1. The Morgan fingerprint density at radius 3 is 1.74 bits per heavy atom. The third kappa shape index (κ3) is 10.6. The zero-order chi connectivity index (χ0) is 15.3. The minimum absolute atomic E-state index is 0.426. The Hall–Kier alpha value is -1.02. The van der Waals surface area contributed by atoms with Gasteiger partial charge in [0.2, 0.25) is 16.6 Å². The predicted octanol–water partition coefficient (Wildman–Crippen LogP) is 3.65. The lowest BCUT2D eigenvalue weighted by Crippen LogP contribution is -2.26. The molecule has 0 unspecified atom stereocenters.